The van der Waals surface area contributed by atoms with Crippen LogP contribution in [0.3, 0.4) is 0 Å². The Balaban J connectivity index is 2.01. The summed E-state index contributed by atoms with van der Waals surface area (Å²) in [6.45, 7) is 1.92. The van der Waals surface area contributed by atoms with E-state index in [2.05, 4.69) is 39.3 Å². The minimum atomic E-state index is 0.258. The zero-order valence-electron chi connectivity index (χ0n) is 10.8. The van der Waals surface area contributed by atoms with Crippen molar-refractivity contribution in [2.75, 3.05) is 0 Å². The van der Waals surface area contributed by atoms with E-state index in [-0.39, 0.29) is 5.92 Å². The van der Waals surface area contributed by atoms with Gasteiger partial charge in [0.1, 0.15) is 11.6 Å². The van der Waals surface area contributed by atoms with Crippen LogP contribution in [0.2, 0.25) is 0 Å². The van der Waals surface area contributed by atoms with Gasteiger partial charge in [-0.1, -0.05) is 54.6 Å². The van der Waals surface area contributed by atoms with Crippen LogP contribution in [0.1, 0.15) is 24.0 Å². The van der Waals surface area contributed by atoms with E-state index in [1.807, 2.05) is 37.3 Å². The summed E-state index contributed by atoms with van der Waals surface area (Å²) < 4.78 is 0. The average Bonchev–Trinajstić information content (AvgIpc) is 2.48. The molecule has 1 aliphatic rings. The van der Waals surface area contributed by atoms with Gasteiger partial charge in [0.25, 0.3) is 0 Å². The standard InChI is InChI=1S/C16H15N3/c1-12-17-15(13-8-4-2-5-9-13)19-16(18-12)14-10-6-3-7-11-14/h2-10,14H,11H2,1H3. The third-order valence-corrected chi connectivity index (χ3v) is 3.11. The van der Waals surface area contributed by atoms with Crippen LogP contribution in [0.5, 0.6) is 0 Å². The van der Waals surface area contributed by atoms with Gasteiger partial charge in [0.15, 0.2) is 5.82 Å². The van der Waals surface area contributed by atoms with E-state index in [0.717, 1.165) is 29.5 Å². The molecular weight excluding hydrogens is 234 g/mol. The number of nitrogens with zero attached hydrogens (tertiary/aromatic N) is 3. The first-order chi connectivity index (χ1) is 9.33. The minimum absolute atomic E-state index is 0.258. The molecule has 3 nitrogen and oxygen atoms in total. The highest BCUT2D eigenvalue weighted by atomic mass is 15.0. The molecule has 0 saturated heterocycles. The molecule has 0 aliphatic heterocycles. The molecular formula is C16H15N3. The Labute approximate surface area is 112 Å². The lowest BCUT2D eigenvalue weighted by molar-refractivity contribution is 0.749. The maximum absolute atomic E-state index is 4.62. The Hall–Kier alpha value is -2.29. The first-order valence-corrected chi connectivity index (χ1v) is 6.44. The van der Waals surface area contributed by atoms with Gasteiger partial charge in [0.05, 0.1) is 0 Å². The number of aryl methyl sites for hydroxylation is 1. The van der Waals surface area contributed by atoms with E-state index >= 15 is 0 Å². The van der Waals surface area contributed by atoms with Gasteiger partial charge in [0, 0.05) is 11.5 Å². The summed E-state index contributed by atoms with van der Waals surface area (Å²) in [4.78, 5) is 13.5. The molecule has 0 fully saturated rings. The average molecular weight is 249 g/mol. The van der Waals surface area contributed by atoms with Crippen molar-refractivity contribution in [2.24, 2.45) is 0 Å². The van der Waals surface area contributed by atoms with Gasteiger partial charge in [-0.3, -0.25) is 0 Å². The summed E-state index contributed by atoms with van der Waals surface area (Å²) >= 11 is 0. The molecule has 0 saturated carbocycles. The predicted octanol–water partition coefficient (Wildman–Crippen LogP) is 3.45. The highest BCUT2D eigenvalue weighted by Gasteiger charge is 2.14. The zero-order valence-corrected chi connectivity index (χ0v) is 10.8. The molecule has 3 heteroatoms. The second-order valence-electron chi connectivity index (χ2n) is 4.59. The Bertz CT molecular complexity index is 630. The maximum atomic E-state index is 4.62. The lowest BCUT2D eigenvalue weighted by Crippen LogP contribution is -2.07. The molecule has 3 rings (SSSR count). The largest absolute Gasteiger partial charge is 0.218 e. The zero-order chi connectivity index (χ0) is 13.1. The SMILES string of the molecule is Cc1nc(-c2ccccc2)nc(C2C=CC=CC2)n1. The molecule has 1 aromatic heterocycles. The first kappa shape index (κ1) is 11.8. The van der Waals surface area contributed by atoms with Gasteiger partial charge in [0.2, 0.25) is 0 Å². The van der Waals surface area contributed by atoms with Gasteiger partial charge in [-0.25, -0.2) is 15.0 Å². The second-order valence-corrected chi connectivity index (χ2v) is 4.59. The molecule has 2 aromatic rings. The predicted molar refractivity (Wildman–Crippen MR) is 75.6 cm³/mol. The van der Waals surface area contributed by atoms with Crippen molar-refractivity contribution in [3.63, 3.8) is 0 Å². The summed E-state index contributed by atoms with van der Waals surface area (Å²) in [6.07, 6.45) is 9.35. The molecule has 1 aliphatic carbocycles. The summed E-state index contributed by atoms with van der Waals surface area (Å²) in [5.41, 5.74) is 1.03. The molecule has 0 bridgehead atoms. The summed E-state index contributed by atoms with van der Waals surface area (Å²) in [5, 5.41) is 0. The van der Waals surface area contributed by atoms with Crippen molar-refractivity contribution in [1.29, 1.82) is 0 Å². The molecule has 0 amide bonds. The van der Waals surface area contributed by atoms with Gasteiger partial charge in [-0.05, 0) is 13.3 Å². The van der Waals surface area contributed by atoms with Crippen molar-refractivity contribution >= 4 is 0 Å². The van der Waals surface area contributed by atoms with E-state index < -0.39 is 0 Å². The molecule has 1 heterocycles. The number of aromatic nitrogens is 3. The second kappa shape index (κ2) is 5.14. The number of benzene rings is 1. The smallest absolute Gasteiger partial charge is 0.163 e. The minimum Gasteiger partial charge on any atom is -0.218 e. The van der Waals surface area contributed by atoms with Crippen molar-refractivity contribution < 1.29 is 0 Å². The number of hydrogen-bond donors (Lipinski definition) is 0. The van der Waals surface area contributed by atoms with Crippen LogP contribution in [0.15, 0.2) is 54.6 Å². The third kappa shape index (κ3) is 2.60. The fourth-order valence-corrected chi connectivity index (χ4v) is 2.16. The molecule has 1 aromatic carbocycles. The first-order valence-electron chi connectivity index (χ1n) is 6.44. The van der Waals surface area contributed by atoms with E-state index in [9.17, 15) is 0 Å². The maximum Gasteiger partial charge on any atom is 0.163 e. The monoisotopic (exact) mass is 249 g/mol. The van der Waals surface area contributed by atoms with E-state index in [0.29, 0.717) is 0 Å². The van der Waals surface area contributed by atoms with Crippen LogP contribution < -0.4 is 0 Å². The van der Waals surface area contributed by atoms with Crippen molar-refractivity contribution in [2.45, 2.75) is 19.3 Å². The van der Waals surface area contributed by atoms with Crippen LogP contribution in [0, 0.1) is 6.92 Å². The molecule has 94 valence electrons. The fraction of sp³-hybridized carbons (Fsp3) is 0.188. The van der Waals surface area contributed by atoms with E-state index in [1.54, 1.807) is 0 Å². The molecule has 1 atom stereocenters. The number of hydrogen-bond acceptors (Lipinski definition) is 3. The van der Waals surface area contributed by atoms with Crippen LogP contribution in [-0.4, -0.2) is 15.0 Å². The van der Waals surface area contributed by atoms with Gasteiger partial charge >= 0.3 is 0 Å². The number of rotatable bonds is 2. The fourth-order valence-electron chi connectivity index (χ4n) is 2.16. The van der Waals surface area contributed by atoms with Crippen LogP contribution in [0.25, 0.3) is 11.4 Å². The Morgan fingerprint density at radius 2 is 1.84 bits per heavy atom. The normalized spacial score (nSPS) is 17.6. The van der Waals surface area contributed by atoms with E-state index in [4.69, 9.17) is 0 Å². The van der Waals surface area contributed by atoms with Crippen LogP contribution >= 0.6 is 0 Å². The molecule has 0 radical (unpaired) electrons. The van der Waals surface area contributed by atoms with Crippen LogP contribution in [-0.2, 0) is 0 Å². The van der Waals surface area contributed by atoms with Gasteiger partial charge in [-0.2, -0.15) is 0 Å². The van der Waals surface area contributed by atoms with Crippen molar-refractivity contribution in [3.8, 4) is 11.4 Å². The lowest BCUT2D eigenvalue weighted by Gasteiger charge is -2.13. The van der Waals surface area contributed by atoms with Crippen molar-refractivity contribution in [1.82, 2.24) is 15.0 Å². The summed E-state index contributed by atoms with van der Waals surface area (Å²) in [5.74, 6) is 2.64. The quantitative estimate of drug-likeness (QED) is 0.818. The van der Waals surface area contributed by atoms with Crippen LogP contribution in [0.4, 0.5) is 0 Å². The molecule has 19 heavy (non-hydrogen) atoms. The topological polar surface area (TPSA) is 38.7 Å². The molecule has 0 N–H and O–H groups in total. The molecule has 0 spiro atoms. The Morgan fingerprint density at radius 3 is 2.58 bits per heavy atom. The Morgan fingerprint density at radius 1 is 1.00 bits per heavy atom. The Kier molecular flexibility index (Phi) is 3.19. The third-order valence-electron chi connectivity index (χ3n) is 3.11. The lowest BCUT2D eigenvalue weighted by atomic mass is 10.00. The van der Waals surface area contributed by atoms with E-state index in [1.165, 1.54) is 0 Å². The van der Waals surface area contributed by atoms with Crippen molar-refractivity contribution in [3.05, 3.63) is 66.3 Å². The van der Waals surface area contributed by atoms with Gasteiger partial charge < -0.3 is 0 Å². The summed E-state index contributed by atoms with van der Waals surface area (Å²) in [6, 6.07) is 10.0. The highest BCUT2D eigenvalue weighted by molar-refractivity contribution is 5.54. The summed E-state index contributed by atoms with van der Waals surface area (Å²) in [7, 11) is 0. The van der Waals surface area contributed by atoms with Gasteiger partial charge in [-0.15, -0.1) is 0 Å². The number of allylic oxidation sites excluding steroid dienone is 4. The molecule has 1 unspecified atom stereocenters. The highest BCUT2D eigenvalue weighted by Crippen LogP contribution is 2.23.